The Morgan fingerprint density at radius 1 is 1.41 bits per heavy atom. The number of nitrogens with zero attached hydrogens (tertiary/aromatic N) is 1. The fraction of sp³-hybridized carbons (Fsp3) is 0.421. The maximum atomic E-state index is 12.7. The summed E-state index contributed by atoms with van der Waals surface area (Å²) < 4.78 is 10.4. The number of amides is 2. The Balaban J connectivity index is 1.70. The van der Waals surface area contributed by atoms with Crippen molar-refractivity contribution >= 4 is 34.1 Å². The molecule has 27 heavy (non-hydrogen) atoms. The Morgan fingerprint density at radius 3 is 2.85 bits per heavy atom. The molecule has 0 spiro atoms. The lowest BCUT2D eigenvalue weighted by Crippen LogP contribution is -2.28. The average Bonchev–Trinajstić information content (AvgIpc) is 3.31. The van der Waals surface area contributed by atoms with Gasteiger partial charge in [-0.25, -0.2) is 4.79 Å². The maximum absolute atomic E-state index is 12.7. The van der Waals surface area contributed by atoms with Gasteiger partial charge in [-0.15, -0.1) is 11.3 Å². The summed E-state index contributed by atoms with van der Waals surface area (Å²) in [6.07, 6.45) is 1.70. The lowest BCUT2D eigenvalue weighted by molar-refractivity contribution is -0.128. The summed E-state index contributed by atoms with van der Waals surface area (Å²) in [5.41, 5.74) is 1.19. The molecule has 0 radical (unpaired) electrons. The number of esters is 1. The zero-order chi connectivity index (χ0) is 19.6. The zero-order valence-corrected chi connectivity index (χ0v) is 16.4. The minimum absolute atomic E-state index is 0.0873. The molecule has 1 atom stereocenters. The minimum Gasteiger partial charge on any atom is -0.467 e. The Kier molecular flexibility index (Phi) is 5.65. The van der Waals surface area contributed by atoms with Crippen LogP contribution in [0.1, 0.15) is 39.9 Å². The number of carbonyl (C=O) groups is 3. The molecule has 1 N–H and O–H groups in total. The predicted molar refractivity (Wildman–Crippen MR) is 101 cm³/mol. The van der Waals surface area contributed by atoms with Crippen molar-refractivity contribution in [3.05, 3.63) is 40.2 Å². The highest BCUT2D eigenvalue weighted by Gasteiger charge is 2.35. The van der Waals surface area contributed by atoms with E-state index in [0.29, 0.717) is 29.4 Å². The van der Waals surface area contributed by atoms with Crippen LogP contribution in [0.3, 0.4) is 0 Å². The van der Waals surface area contributed by atoms with Crippen molar-refractivity contribution in [1.29, 1.82) is 0 Å². The Hall–Kier alpha value is -2.61. The summed E-state index contributed by atoms with van der Waals surface area (Å²) in [5, 5.41) is 3.31. The average molecular weight is 390 g/mol. The third-order valence-electron chi connectivity index (χ3n) is 4.61. The van der Waals surface area contributed by atoms with E-state index in [2.05, 4.69) is 5.32 Å². The van der Waals surface area contributed by atoms with Crippen LogP contribution in [0, 0.1) is 19.8 Å². The van der Waals surface area contributed by atoms with Crippen molar-refractivity contribution in [2.24, 2.45) is 5.92 Å². The molecule has 0 aromatic carbocycles. The van der Waals surface area contributed by atoms with Gasteiger partial charge in [-0.05, 0) is 38.5 Å². The van der Waals surface area contributed by atoms with Crippen molar-refractivity contribution in [2.75, 3.05) is 18.5 Å². The number of furan rings is 1. The van der Waals surface area contributed by atoms with Crippen LogP contribution in [0.4, 0.5) is 5.00 Å². The summed E-state index contributed by atoms with van der Waals surface area (Å²) in [4.78, 5) is 39.7. The van der Waals surface area contributed by atoms with Crippen LogP contribution in [0.2, 0.25) is 0 Å². The molecule has 1 saturated heterocycles. The van der Waals surface area contributed by atoms with Crippen molar-refractivity contribution in [3.63, 3.8) is 0 Å². The lowest BCUT2D eigenvalue weighted by atomic mass is 10.1. The molecule has 1 fully saturated rings. The monoisotopic (exact) mass is 390 g/mol. The van der Waals surface area contributed by atoms with E-state index in [0.717, 1.165) is 10.4 Å². The molecular weight excluding hydrogens is 368 g/mol. The number of rotatable bonds is 6. The summed E-state index contributed by atoms with van der Waals surface area (Å²) in [6, 6.07) is 3.56. The molecule has 0 bridgehead atoms. The number of hydrogen-bond acceptors (Lipinski definition) is 6. The second-order valence-electron chi connectivity index (χ2n) is 6.45. The summed E-state index contributed by atoms with van der Waals surface area (Å²) in [6.45, 7) is 6.40. The highest BCUT2D eigenvalue weighted by atomic mass is 32.1. The van der Waals surface area contributed by atoms with Crippen molar-refractivity contribution in [2.45, 2.75) is 33.7 Å². The summed E-state index contributed by atoms with van der Waals surface area (Å²) >= 11 is 1.34. The van der Waals surface area contributed by atoms with E-state index in [1.165, 1.54) is 11.3 Å². The molecule has 2 amide bonds. The zero-order valence-electron chi connectivity index (χ0n) is 15.5. The molecule has 1 aliphatic rings. The van der Waals surface area contributed by atoms with Crippen molar-refractivity contribution in [3.8, 4) is 0 Å². The molecule has 7 nitrogen and oxygen atoms in total. The van der Waals surface area contributed by atoms with Crippen LogP contribution < -0.4 is 5.32 Å². The molecule has 1 unspecified atom stereocenters. The number of likely N-dealkylation sites (tertiary alicyclic amines) is 1. The van der Waals surface area contributed by atoms with E-state index < -0.39 is 11.9 Å². The molecule has 0 saturated carbocycles. The first-order valence-corrected chi connectivity index (χ1v) is 9.60. The number of hydrogen-bond donors (Lipinski definition) is 1. The first kappa shape index (κ1) is 19.2. The topological polar surface area (TPSA) is 88.8 Å². The molecule has 3 rings (SSSR count). The van der Waals surface area contributed by atoms with Crippen molar-refractivity contribution < 1.29 is 23.5 Å². The van der Waals surface area contributed by atoms with E-state index in [1.807, 2.05) is 13.8 Å². The summed E-state index contributed by atoms with van der Waals surface area (Å²) in [5.74, 6) is -0.590. The highest BCUT2D eigenvalue weighted by Crippen LogP contribution is 2.34. The third kappa shape index (κ3) is 4.05. The number of thiophene rings is 1. The molecule has 1 aliphatic heterocycles. The number of carbonyl (C=O) groups excluding carboxylic acids is 3. The SMILES string of the molecule is CCOC(=O)c1c(NC(=O)C2CC(=O)N(Cc3ccco3)C2)sc(C)c1C. The summed E-state index contributed by atoms with van der Waals surface area (Å²) in [7, 11) is 0. The van der Waals surface area contributed by atoms with Crippen LogP contribution in [-0.2, 0) is 20.9 Å². The van der Waals surface area contributed by atoms with Gasteiger partial charge in [-0.1, -0.05) is 0 Å². The molecule has 2 aromatic heterocycles. The fourth-order valence-corrected chi connectivity index (χ4v) is 4.12. The van der Waals surface area contributed by atoms with Crippen LogP contribution in [0.25, 0.3) is 0 Å². The van der Waals surface area contributed by atoms with Gasteiger partial charge in [0.1, 0.15) is 10.8 Å². The largest absolute Gasteiger partial charge is 0.467 e. The lowest BCUT2D eigenvalue weighted by Gasteiger charge is -2.15. The van der Waals surface area contributed by atoms with Gasteiger partial charge in [0.25, 0.3) is 0 Å². The molecule has 144 valence electrons. The molecular formula is C19H22N2O5S. The van der Waals surface area contributed by atoms with Gasteiger partial charge in [0.15, 0.2) is 0 Å². The molecule has 8 heteroatoms. The van der Waals surface area contributed by atoms with Gasteiger partial charge >= 0.3 is 5.97 Å². The van der Waals surface area contributed by atoms with E-state index in [-0.39, 0.29) is 24.8 Å². The molecule has 3 heterocycles. The smallest absolute Gasteiger partial charge is 0.341 e. The molecule has 0 aliphatic carbocycles. The number of anilines is 1. The highest BCUT2D eigenvalue weighted by molar-refractivity contribution is 7.16. The van der Waals surface area contributed by atoms with Gasteiger partial charge in [-0.3, -0.25) is 9.59 Å². The van der Waals surface area contributed by atoms with Gasteiger partial charge in [-0.2, -0.15) is 0 Å². The number of nitrogens with one attached hydrogen (secondary N) is 1. The van der Waals surface area contributed by atoms with Crippen LogP contribution in [-0.4, -0.2) is 35.8 Å². The normalized spacial score (nSPS) is 16.6. The quantitative estimate of drug-likeness (QED) is 0.766. The van der Waals surface area contributed by atoms with Crippen LogP contribution >= 0.6 is 11.3 Å². The fourth-order valence-electron chi connectivity index (χ4n) is 3.07. The first-order chi connectivity index (χ1) is 12.9. The van der Waals surface area contributed by atoms with Crippen LogP contribution in [0.5, 0.6) is 0 Å². The Bertz CT molecular complexity index is 856. The molecule has 2 aromatic rings. The van der Waals surface area contributed by atoms with Gasteiger partial charge in [0.05, 0.1) is 30.9 Å². The standard InChI is InChI=1S/C19H22N2O5S/c1-4-25-19(24)16-11(2)12(3)27-18(16)20-17(23)13-8-15(22)21(9-13)10-14-6-5-7-26-14/h5-7,13H,4,8-10H2,1-3H3,(H,20,23). The van der Waals surface area contributed by atoms with E-state index >= 15 is 0 Å². The minimum atomic E-state index is -0.467. The van der Waals surface area contributed by atoms with Crippen LogP contribution in [0.15, 0.2) is 22.8 Å². The van der Waals surface area contributed by atoms with Gasteiger partial charge in [0, 0.05) is 17.8 Å². The van der Waals surface area contributed by atoms with E-state index in [1.54, 1.807) is 30.2 Å². The van der Waals surface area contributed by atoms with Crippen molar-refractivity contribution in [1.82, 2.24) is 4.90 Å². The van der Waals surface area contributed by atoms with Gasteiger partial charge in [0.2, 0.25) is 11.8 Å². The Labute approximate surface area is 161 Å². The number of aryl methyl sites for hydroxylation is 1. The van der Waals surface area contributed by atoms with E-state index in [4.69, 9.17) is 9.15 Å². The first-order valence-electron chi connectivity index (χ1n) is 8.78. The Morgan fingerprint density at radius 2 is 2.19 bits per heavy atom. The van der Waals surface area contributed by atoms with E-state index in [9.17, 15) is 14.4 Å². The maximum Gasteiger partial charge on any atom is 0.341 e. The van der Waals surface area contributed by atoms with Gasteiger partial charge < -0.3 is 19.4 Å². The number of ether oxygens (including phenoxy) is 1. The second-order valence-corrected chi connectivity index (χ2v) is 7.68. The third-order valence-corrected chi connectivity index (χ3v) is 5.74. The predicted octanol–water partition coefficient (Wildman–Crippen LogP) is 3.12. The second kappa shape index (κ2) is 7.96.